The first kappa shape index (κ1) is 15.3. The second kappa shape index (κ2) is 5.95. The van der Waals surface area contributed by atoms with Crippen molar-refractivity contribution in [2.75, 3.05) is 11.9 Å². The van der Waals surface area contributed by atoms with Gasteiger partial charge in [0, 0.05) is 17.7 Å². The van der Waals surface area contributed by atoms with Crippen molar-refractivity contribution >= 4 is 11.6 Å². The Hall–Kier alpha value is -1.72. The molecule has 0 fully saturated rings. The van der Waals surface area contributed by atoms with Crippen LogP contribution in [0.4, 0.5) is 18.9 Å². The Kier molecular flexibility index (Phi) is 4.80. The minimum Gasteiger partial charge on any atom is -0.374 e. The first-order valence-electron chi connectivity index (χ1n) is 5.94. The summed E-state index contributed by atoms with van der Waals surface area (Å²) in [5.74, 6) is -3.78. The molecule has 19 heavy (non-hydrogen) atoms. The molecule has 1 aromatic rings. The lowest BCUT2D eigenvalue weighted by atomic mass is 10.0. The highest BCUT2D eigenvalue weighted by molar-refractivity contribution is 5.81. The van der Waals surface area contributed by atoms with Gasteiger partial charge >= 0.3 is 0 Å². The standard InChI is InChI=1S/C13H17F3N2O/c1-4-13(2,3)18-11(19)7-17-10-6-8(14)5-9(15)12(10)16/h5-6,17H,4,7H2,1-3H3,(H,18,19). The zero-order valence-corrected chi connectivity index (χ0v) is 11.1. The number of carbonyl (C=O) groups is 1. The summed E-state index contributed by atoms with van der Waals surface area (Å²) in [6.07, 6.45) is 0.724. The number of amides is 1. The molecule has 0 atom stereocenters. The summed E-state index contributed by atoms with van der Waals surface area (Å²) in [6.45, 7) is 5.33. The van der Waals surface area contributed by atoms with Crippen molar-refractivity contribution in [3.8, 4) is 0 Å². The van der Waals surface area contributed by atoms with Crippen LogP contribution < -0.4 is 10.6 Å². The number of hydrogen-bond acceptors (Lipinski definition) is 2. The van der Waals surface area contributed by atoms with Crippen LogP contribution in [-0.2, 0) is 4.79 Å². The Morgan fingerprint density at radius 1 is 1.26 bits per heavy atom. The van der Waals surface area contributed by atoms with Crippen molar-refractivity contribution in [3.63, 3.8) is 0 Å². The molecule has 106 valence electrons. The molecule has 6 heteroatoms. The largest absolute Gasteiger partial charge is 0.374 e. The van der Waals surface area contributed by atoms with Gasteiger partial charge in [-0.15, -0.1) is 0 Å². The molecule has 0 saturated heterocycles. The fourth-order valence-corrected chi connectivity index (χ4v) is 1.37. The van der Waals surface area contributed by atoms with Crippen molar-refractivity contribution in [2.24, 2.45) is 0 Å². The summed E-state index contributed by atoms with van der Waals surface area (Å²) in [5, 5.41) is 5.09. The molecule has 0 saturated carbocycles. The smallest absolute Gasteiger partial charge is 0.239 e. The molecule has 0 unspecified atom stereocenters. The summed E-state index contributed by atoms with van der Waals surface area (Å²) in [7, 11) is 0. The number of anilines is 1. The van der Waals surface area contributed by atoms with E-state index in [0.29, 0.717) is 6.07 Å². The number of carbonyl (C=O) groups excluding carboxylic acids is 1. The topological polar surface area (TPSA) is 41.1 Å². The van der Waals surface area contributed by atoms with Gasteiger partial charge in [-0.3, -0.25) is 4.79 Å². The average Bonchev–Trinajstić information content (AvgIpc) is 2.31. The van der Waals surface area contributed by atoms with E-state index in [4.69, 9.17) is 0 Å². The highest BCUT2D eigenvalue weighted by Gasteiger charge is 2.18. The van der Waals surface area contributed by atoms with Gasteiger partial charge in [-0.05, 0) is 20.3 Å². The molecular formula is C13H17F3N2O. The van der Waals surface area contributed by atoms with Gasteiger partial charge in [0.1, 0.15) is 5.82 Å². The van der Waals surface area contributed by atoms with E-state index in [1.165, 1.54) is 0 Å². The van der Waals surface area contributed by atoms with Gasteiger partial charge in [0.05, 0.1) is 12.2 Å². The molecule has 0 aliphatic heterocycles. The van der Waals surface area contributed by atoms with Gasteiger partial charge in [-0.1, -0.05) is 6.92 Å². The summed E-state index contributed by atoms with van der Waals surface area (Å²) >= 11 is 0. The van der Waals surface area contributed by atoms with E-state index in [1.54, 1.807) is 0 Å². The SMILES string of the molecule is CCC(C)(C)NC(=O)CNc1cc(F)cc(F)c1F. The van der Waals surface area contributed by atoms with Crippen LogP contribution in [-0.4, -0.2) is 18.0 Å². The normalized spacial score (nSPS) is 11.3. The van der Waals surface area contributed by atoms with Gasteiger partial charge < -0.3 is 10.6 Å². The van der Waals surface area contributed by atoms with Gasteiger partial charge in [0.15, 0.2) is 11.6 Å². The fourth-order valence-electron chi connectivity index (χ4n) is 1.37. The lowest BCUT2D eigenvalue weighted by Crippen LogP contribution is -2.45. The zero-order valence-electron chi connectivity index (χ0n) is 11.1. The van der Waals surface area contributed by atoms with Crippen molar-refractivity contribution in [2.45, 2.75) is 32.7 Å². The van der Waals surface area contributed by atoms with Gasteiger partial charge in [0.25, 0.3) is 0 Å². The molecule has 0 aliphatic rings. The molecule has 0 spiro atoms. The van der Waals surface area contributed by atoms with E-state index >= 15 is 0 Å². The Morgan fingerprint density at radius 3 is 2.47 bits per heavy atom. The van der Waals surface area contributed by atoms with Crippen molar-refractivity contribution in [1.29, 1.82) is 0 Å². The first-order valence-corrected chi connectivity index (χ1v) is 5.94. The van der Waals surface area contributed by atoms with Crippen LogP contribution >= 0.6 is 0 Å². The molecule has 0 aliphatic carbocycles. The third-order valence-corrected chi connectivity index (χ3v) is 2.79. The molecule has 1 amide bonds. The molecule has 0 aromatic heterocycles. The van der Waals surface area contributed by atoms with E-state index < -0.39 is 17.5 Å². The summed E-state index contributed by atoms with van der Waals surface area (Å²) in [5.41, 5.74) is -0.758. The van der Waals surface area contributed by atoms with Crippen LogP contribution in [0.25, 0.3) is 0 Å². The highest BCUT2D eigenvalue weighted by Crippen LogP contribution is 2.18. The lowest BCUT2D eigenvalue weighted by molar-refractivity contribution is -0.121. The molecule has 2 N–H and O–H groups in total. The van der Waals surface area contributed by atoms with Crippen LogP contribution in [0.5, 0.6) is 0 Å². The van der Waals surface area contributed by atoms with Crippen molar-refractivity contribution in [3.05, 3.63) is 29.6 Å². The molecule has 3 nitrogen and oxygen atoms in total. The Labute approximate surface area is 110 Å². The number of benzene rings is 1. The van der Waals surface area contributed by atoms with Crippen LogP contribution in [0.15, 0.2) is 12.1 Å². The summed E-state index contributed by atoms with van der Waals surface area (Å²) in [6, 6.07) is 1.25. The predicted octanol–water partition coefficient (Wildman–Crippen LogP) is 2.82. The second-order valence-electron chi connectivity index (χ2n) is 4.89. The van der Waals surface area contributed by atoms with Crippen LogP contribution in [0.2, 0.25) is 0 Å². The van der Waals surface area contributed by atoms with Crippen LogP contribution in [0.1, 0.15) is 27.2 Å². The quantitative estimate of drug-likeness (QED) is 0.811. The number of hydrogen-bond donors (Lipinski definition) is 2. The first-order chi connectivity index (χ1) is 8.75. The maximum absolute atomic E-state index is 13.3. The minimum absolute atomic E-state index is 0.261. The Balaban J connectivity index is 2.65. The molecule has 0 heterocycles. The average molecular weight is 274 g/mol. The molecule has 1 aromatic carbocycles. The second-order valence-corrected chi connectivity index (χ2v) is 4.89. The molecule has 0 bridgehead atoms. The third-order valence-electron chi connectivity index (χ3n) is 2.79. The minimum atomic E-state index is -1.29. The van der Waals surface area contributed by atoms with Gasteiger partial charge in [-0.2, -0.15) is 0 Å². The lowest BCUT2D eigenvalue weighted by Gasteiger charge is -2.24. The van der Waals surface area contributed by atoms with Crippen molar-refractivity contribution in [1.82, 2.24) is 5.32 Å². The number of halogens is 3. The fraction of sp³-hybridized carbons (Fsp3) is 0.462. The maximum atomic E-state index is 13.3. The Morgan fingerprint density at radius 2 is 1.89 bits per heavy atom. The van der Waals surface area contributed by atoms with Crippen LogP contribution in [0, 0.1) is 17.5 Å². The molecular weight excluding hydrogens is 257 g/mol. The van der Waals surface area contributed by atoms with Crippen LogP contribution in [0.3, 0.4) is 0 Å². The number of rotatable bonds is 5. The van der Waals surface area contributed by atoms with E-state index in [2.05, 4.69) is 10.6 Å². The Bertz CT molecular complexity index is 475. The van der Waals surface area contributed by atoms with E-state index in [-0.39, 0.29) is 23.7 Å². The van der Waals surface area contributed by atoms with Gasteiger partial charge in [-0.25, -0.2) is 13.2 Å². The summed E-state index contributed by atoms with van der Waals surface area (Å²) < 4.78 is 39.1. The monoisotopic (exact) mass is 274 g/mol. The number of nitrogens with one attached hydrogen (secondary N) is 2. The molecule has 1 rings (SSSR count). The molecule has 0 radical (unpaired) electrons. The zero-order chi connectivity index (χ0) is 14.6. The van der Waals surface area contributed by atoms with E-state index in [1.807, 2.05) is 20.8 Å². The highest BCUT2D eigenvalue weighted by atomic mass is 19.2. The summed E-state index contributed by atoms with van der Waals surface area (Å²) in [4.78, 5) is 11.6. The third kappa shape index (κ3) is 4.46. The van der Waals surface area contributed by atoms with E-state index in [9.17, 15) is 18.0 Å². The van der Waals surface area contributed by atoms with Gasteiger partial charge in [0.2, 0.25) is 5.91 Å². The van der Waals surface area contributed by atoms with Crippen molar-refractivity contribution < 1.29 is 18.0 Å². The van der Waals surface area contributed by atoms with E-state index in [0.717, 1.165) is 12.5 Å². The maximum Gasteiger partial charge on any atom is 0.239 e. The predicted molar refractivity (Wildman–Crippen MR) is 67.3 cm³/mol.